The van der Waals surface area contributed by atoms with Crippen molar-refractivity contribution in [3.63, 3.8) is 0 Å². The SMILES string of the molecule is O=C(CCC1CCNC1)Nc1ccccc1F. The van der Waals surface area contributed by atoms with E-state index >= 15 is 0 Å². The molecule has 17 heavy (non-hydrogen) atoms. The molecular weight excluding hydrogens is 219 g/mol. The van der Waals surface area contributed by atoms with Gasteiger partial charge >= 0.3 is 0 Å². The van der Waals surface area contributed by atoms with Gasteiger partial charge in [-0.15, -0.1) is 0 Å². The van der Waals surface area contributed by atoms with Gasteiger partial charge in [-0.3, -0.25) is 4.79 Å². The lowest BCUT2D eigenvalue weighted by molar-refractivity contribution is -0.116. The summed E-state index contributed by atoms with van der Waals surface area (Å²) in [7, 11) is 0. The maximum absolute atomic E-state index is 13.3. The molecule has 1 heterocycles. The summed E-state index contributed by atoms with van der Waals surface area (Å²) in [6, 6.07) is 6.23. The van der Waals surface area contributed by atoms with Crippen molar-refractivity contribution in [2.24, 2.45) is 5.92 Å². The van der Waals surface area contributed by atoms with Crippen LogP contribution in [-0.2, 0) is 4.79 Å². The molecule has 0 aromatic heterocycles. The molecule has 1 aromatic rings. The molecule has 3 nitrogen and oxygen atoms in total. The summed E-state index contributed by atoms with van der Waals surface area (Å²) >= 11 is 0. The minimum absolute atomic E-state index is 0.109. The van der Waals surface area contributed by atoms with Gasteiger partial charge in [-0.25, -0.2) is 4.39 Å². The molecule has 1 amide bonds. The molecule has 0 radical (unpaired) electrons. The quantitative estimate of drug-likeness (QED) is 0.841. The van der Waals surface area contributed by atoms with Crippen LogP contribution in [0, 0.1) is 11.7 Å². The highest BCUT2D eigenvalue weighted by Crippen LogP contribution is 2.16. The molecule has 2 rings (SSSR count). The van der Waals surface area contributed by atoms with Crippen molar-refractivity contribution < 1.29 is 9.18 Å². The first-order valence-corrected chi connectivity index (χ1v) is 6.01. The molecule has 1 saturated heterocycles. The number of hydrogen-bond donors (Lipinski definition) is 2. The zero-order valence-corrected chi connectivity index (χ0v) is 9.71. The first-order chi connectivity index (χ1) is 8.25. The van der Waals surface area contributed by atoms with Gasteiger partial charge in [0.25, 0.3) is 0 Å². The topological polar surface area (TPSA) is 41.1 Å². The Kier molecular flexibility index (Phi) is 4.09. The van der Waals surface area contributed by atoms with Gasteiger partial charge in [0.2, 0.25) is 5.91 Å². The van der Waals surface area contributed by atoms with Gasteiger partial charge in [-0.1, -0.05) is 12.1 Å². The molecule has 0 bridgehead atoms. The van der Waals surface area contributed by atoms with Gasteiger partial charge in [-0.05, 0) is 44.0 Å². The molecular formula is C13H17FN2O. The summed E-state index contributed by atoms with van der Waals surface area (Å²) in [6.45, 7) is 2.03. The third-order valence-corrected chi connectivity index (χ3v) is 3.09. The number of rotatable bonds is 4. The molecule has 92 valence electrons. The van der Waals surface area contributed by atoms with Crippen molar-refractivity contribution in [3.8, 4) is 0 Å². The van der Waals surface area contributed by atoms with Crippen molar-refractivity contribution in [1.82, 2.24) is 5.32 Å². The Hall–Kier alpha value is -1.42. The minimum Gasteiger partial charge on any atom is -0.324 e. The molecule has 0 aliphatic carbocycles. The second-order valence-electron chi connectivity index (χ2n) is 4.43. The smallest absolute Gasteiger partial charge is 0.224 e. The summed E-state index contributed by atoms with van der Waals surface area (Å²) in [4.78, 5) is 11.6. The van der Waals surface area contributed by atoms with Gasteiger partial charge in [0.15, 0.2) is 0 Å². The van der Waals surface area contributed by atoms with Crippen molar-refractivity contribution in [1.29, 1.82) is 0 Å². The first-order valence-electron chi connectivity index (χ1n) is 6.01. The zero-order chi connectivity index (χ0) is 12.1. The van der Waals surface area contributed by atoms with Gasteiger partial charge < -0.3 is 10.6 Å². The fourth-order valence-electron chi connectivity index (χ4n) is 2.07. The number of para-hydroxylation sites is 1. The van der Waals surface area contributed by atoms with E-state index in [0.717, 1.165) is 25.9 Å². The summed E-state index contributed by atoms with van der Waals surface area (Å²) in [5.41, 5.74) is 0.266. The molecule has 1 aliphatic heterocycles. The first kappa shape index (κ1) is 12.0. The van der Waals surface area contributed by atoms with E-state index in [4.69, 9.17) is 0 Å². The molecule has 1 aliphatic rings. The summed E-state index contributed by atoms with van der Waals surface area (Å²) in [5, 5.41) is 5.86. The number of anilines is 1. The largest absolute Gasteiger partial charge is 0.324 e. The number of benzene rings is 1. The minimum atomic E-state index is -0.386. The number of carbonyl (C=O) groups is 1. The zero-order valence-electron chi connectivity index (χ0n) is 9.71. The van der Waals surface area contributed by atoms with E-state index < -0.39 is 0 Å². The van der Waals surface area contributed by atoms with Gasteiger partial charge in [-0.2, -0.15) is 0 Å². The van der Waals surface area contributed by atoms with E-state index in [1.165, 1.54) is 6.07 Å². The van der Waals surface area contributed by atoms with Crippen LogP contribution in [0.2, 0.25) is 0 Å². The Morgan fingerprint density at radius 2 is 2.29 bits per heavy atom. The van der Waals surface area contributed by atoms with Crippen LogP contribution in [0.15, 0.2) is 24.3 Å². The maximum atomic E-state index is 13.3. The lowest BCUT2D eigenvalue weighted by atomic mass is 10.0. The van der Waals surface area contributed by atoms with E-state index in [2.05, 4.69) is 10.6 Å². The van der Waals surface area contributed by atoms with Gasteiger partial charge in [0.05, 0.1) is 5.69 Å². The van der Waals surface area contributed by atoms with Crippen LogP contribution >= 0.6 is 0 Å². The highest BCUT2D eigenvalue weighted by Gasteiger charge is 2.16. The number of halogens is 1. The second-order valence-corrected chi connectivity index (χ2v) is 4.43. The molecule has 0 spiro atoms. The van der Waals surface area contributed by atoms with Crippen LogP contribution in [0.1, 0.15) is 19.3 Å². The third-order valence-electron chi connectivity index (χ3n) is 3.09. The Bertz CT molecular complexity index is 389. The normalized spacial score (nSPS) is 19.2. The average Bonchev–Trinajstić information content (AvgIpc) is 2.82. The van der Waals surface area contributed by atoms with E-state index in [1.807, 2.05) is 0 Å². The summed E-state index contributed by atoms with van der Waals surface area (Å²) in [6.07, 6.45) is 2.46. The molecule has 1 aromatic carbocycles. The van der Waals surface area contributed by atoms with Crippen molar-refractivity contribution in [3.05, 3.63) is 30.1 Å². The van der Waals surface area contributed by atoms with Crippen molar-refractivity contribution in [2.45, 2.75) is 19.3 Å². The fraction of sp³-hybridized carbons (Fsp3) is 0.462. The molecule has 1 unspecified atom stereocenters. The fourth-order valence-corrected chi connectivity index (χ4v) is 2.07. The van der Waals surface area contributed by atoms with Crippen molar-refractivity contribution >= 4 is 11.6 Å². The number of nitrogens with one attached hydrogen (secondary N) is 2. The molecule has 4 heteroatoms. The number of hydrogen-bond acceptors (Lipinski definition) is 2. The Labute approximate surface area is 100 Å². The summed E-state index contributed by atoms with van der Waals surface area (Å²) < 4.78 is 13.3. The molecule has 1 atom stereocenters. The maximum Gasteiger partial charge on any atom is 0.224 e. The number of amides is 1. The van der Waals surface area contributed by atoms with Crippen LogP contribution in [0.25, 0.3) is 0 Å². The molecule has 2 N–H and O–H groups in total. The van der Waals surface area contributed by atoms with E-state index in [1.54, 1.807) is 18.2 Å². The number of carbonyl (C=O) groups excluding carboxylic acids is 1. The van der Waals surface area contributed by atoms with E-state index in [0.29, 0.717) is 12.3 Å². The summed E-state index contributed by atoms with van der Waals surface area (Å²) in [5.74, 6) is 0.0896. The van der Waals surface area contributed by atoms with Gasteiger partial charge in [0.1, 0.15) is 5.82 Å². The predicted octanol–water partition coefficient (Wildman–Crippen LogP) is 2.15. The van der Waals surface area contributed by atoms with Crippen LogP contribution in [0.5, 0.6) is 0 Å². The van der Waals surface area contributed by atoms with Crippen molar-refractivity contribution in [2.75, 3.05) is 18.4 Å². The lowest BCUT2D eigenvalue weighted by Gasteiger charge is -2.09. The predicted molar refractivity (Wildman–Crippen MR) is 65.2 cm³/mol. The Morgan fingerprint density at radius 3 is 3.00 bits per heavy atom. The Morgan fingerprint density at radius 1 is 1.47 bits per heavy atom. The van der Waals surface area contributed by atoms with Crippen LogP contribution in [-0.4, -0.2) is 19.0 Å². The van der Waals surface area contributed by atoms with Gasteiger partial charge in [0, 0.05) is 6.42 Å². The van der Waals surface area contributed by atoms with E-state index in [9.17, 15) is 9.18 Å². The lowest BCUT2D eigenvalue weighted by Crippen LogP contribution is -2.15. The van der Waals surface area contributed by atoms with E-state index in [-0.39, 0.29) is 17.4 Å². The molecule has 0 saturated carbocycles. The standard InChI is InChI=1S/C13H17FN2O/c14-11-3-1-2-4-12(11)16-13(17)6-5-10-7-8-15-9-10/h1-4,10,15H,5-9H2,(H,16,17). The average molecular weight is 236 g/mol. The highest BCUT2D eigenvalue weighted by atomic mass is 19.1. The van der Waals surface area contributed by atoms with Crippen LogP contribution in [0.4, 0.5) is 10.1 Å². The second kappa shape index (κ2) is 5.77. The highest BCUT2D eigenvalue weighted by molar-refractivity contribution is 5.90. The van der Waals surface area contributed by atoms with Crippen LogP contribution < -0.4 is 10.6 Å². The molecule has 1 fully saturated rings. The van der Waals surface area contributed by atoms with Crippen LogP contribution in [0.3, 0.4) is 0 Å². The monoisotopic (exact) mass is 236 g/mol. The Balaban J connectivity index is 1.79. The third kappa shape index (κ3) is 3.53.